The minimum Gasteiger partial charge on any atom is -0.497 e. The molecule has 0 saturated carbocycles. The number of likely N-dealkylation sites (tertiary alicyclic amines) is 1. The molecule has 0 amide bonds. The molecular formula is C35H50N4O6S. The van der Waals surface area contributed by atoms with Crippen LogP contribution in [0.4, 0.5) is 0 Å². The maximum atomic E-state index is 11.6. The van der Waals surface area contributed by atoms with E-state index in [9.17, 15) is 19.8 Å². The van der Waals surface area contributed by atoms with E-state index in [0.717, 1.165) is 92.8 Å². The average molecular weight is 655 g/mol. The highest BCUT2D eigenvalue weighted by atomic mass is 32.2. The third-order valence-electron chi connectivity index (χ3n) is 9.19. The van der Waals surface area contributed by atoms with Crippen LogP contribution in [0, 0.1) is 17.8 Å². The summed E-state index contributed by atoms with van der Waals surface area (Å²) in [5, 5.41) is 34.4. The highest BCUT2D eigenvalue weighted by molar-refractivity contribution is 7.99. The molecule has 3 aromatic rings. The number of carboxylic acids is 2. The fourth-order valence-electron chi connectivity index (χ4n) is 6.69. The van der Waals surface area contributed by atoms with Gasteiger partial charge in [0, 0.05) is 50.0 Å². The van der Waals surface area contributed by atoms with Crippen LogP contribution in [0.25, 0.3) is 10.9 Å². The maximum Gasteiger partial charge on any atom is 0.303 e. The number of piperidine rings is 2. The van der Waals surface area contributed by atoms with E-state index in [2.05, 4.69) is 45.1 Å². The Hall–Kier alpha value is -3.12. The van der Waals surface area contributed by atoms with Crippen LogP contribution >= 0.6 is 11.8 Å². The normalized spacial score (nSPS) is 20.9. The summed E-state index contributed by atoms with van der Waals surface area (Å²) in [5.74, 6) is 1.16. The van der Waals surface area contributed by atoms with Crippen molar-refractivity contribution in [2.24, 2.45) is 24.8 Å². The summed E-state index contributed by atoms with van der Waals surface area (Å²) >= 11 is 1.87. The summed E-state index contributed by atoms with van der Waals surface area (Å²) < 4.78 is 7.50. The van der Waals surface area contributed by atoms with Gasteiger partial charge in [0.1, 0.15) is 5.75 Å². The van der Waals surface area contributed by atoms with Gasteiger partial charge in [-0.1, -0.05) is 0 Å². The van der Waals surface area contributed by atoms with Crippen molar-refractivity contribution in [2.75, 3.05) is 45.6 Å². The topological polar surface area (TPSA) is 137 Å². The molecule has 5 rings (SSSR count). The summed E-state index contributed by atoms with van der Waals surface area (Å²) in [6.45, 7) is 4.73. The van der Waals surface area contributed by atoms with Gasteiger partial charge in [0.2, 0.25) is 0 Å². The van der Waals surface area contributed by atoms with Gasteiger partial charge in [-0.2, -0.15) is 0 Å². The van der Waals surface area contributed by atoms with Crippen LogP contribution in [-0.2, 0) is 16.6 Å². The quantitative estimate of drug-likeness (QED) is 0.131. The fourth-order valence-corrected chi connectivity index (χ4v) is 7.61. The minimum absolute atomic E-state index is 0.109. The van der Waals surface area contributed by atoms with Crippen LogP contribution in [0.2, 0.25) is 0 Å². The van der Waals surface area contributed by atoms with Crippen molar-refractivity contribution in [2.45, 2.75) is 62.5 Å². The number of methoxy groups -OCH3 is 1. The first-order valence-electron chi connectivity index (χ1n) is 16.4. The van der Waals surface area contributed by atoms with Crippen LogP contribution in [-0.4, -0.2) is 87.3 Å². The molecule has 0 bridgehead atoms. The van der Waals surface area contributed by atoms with Crippen LogP contribution in [0.1, 0.15) is 63.0 Å². The highest BCUT2D eigenvalue weighted by Gasteiger charge is 2.31. The lowest BCUT2D eigenvalue weighted by molar-refractivity contribution is -0.139. The number of pyridine rings is 1. The summed E-state index contributed by atoms with van der Waals surface area (Å²) in [6, 6.07) is 11.8. The molecule has 4 N–H and O–H groups in total. The Bertz CT molecular complexity index is 1390. The van der Waals surface area contributed by atoms with Gasteiger partial charge in [-0.05, 0) is 124 Å². The van der Waals surface area contributed by atoms with Crippen molar-refractivity contribution >= 4 is 34.6 Å². The lowest BCUT2D eigenvalue weighted by Crippen LogP contribution is -2.42. The molecule has 2 unspecified atom stereocenters. The molecule has 4 heterocycles. The molecule has 2 aliphatic heterocycles. The number of fused-ring (bicyclic) bond motifs is 1. The van der Waals surface area contributed by atoms with E-state index in [-0.39, 0.29) is 12.3 Å². The lowest BCUT2D eigenvalue weighted by atomic mass is 9.79. The Morgan fingerprint density at radius 2 is 1.96 bits per heavy atom. The highest BCUT2D eigenvalue weighted by Crippen LogP contribution is 2.35. The number of hydrogen-bond donors (Lipinski definition) is 4. The maximum absolute atomic E-state index is 11.6. The standard InChI is InChI=1S/C28H37N3O4S.C7H13NO2/c1-30-13-3-5-27(30)36-16-4-14-31-15-11-20(21(19-31)17-28(33)34)6-9-26(32)23-10-12-29-25-8-7-22(35-2)18-24(23)25;9-7(10)4-6-2-1-3-8-5-6/h3,5,7-8,10,12-13,18,20-21,26,32H,4,6,9,11,14-17,19H2,1-2H3,(H,33,34);6,8H,1-5H2,(H,9,10)/t20-,21+,26?;/m1./s1. The van der Waals surface area contributed by atoms with E-state index in [1.165, 1.54) is 5.03 Å². The number of rotatable bonds is 14. The van der Waals surface area contributed by atoms with Crippen LogP contribution in [0.15, 0.2) is 53.8 Å². The number of aliphatic carboxylic acids is 2. The molecular weight excluding hydrogens is 604 g/mol. The van der Waals surface area contributed by atoms with Crippen molar-refractivity contribution in [1.29, 1.82) is 0 Å². The number of aromatic nitrogens is 2. The van der Waals surface area contributed by atoms with E-state index >= 15 is 0 Å². The number of nitrogens with zero attached hydrogens (tertiary/aromatic N) is 3. The van der Waals surface area contributed by atoms with Gasteiger partial charge in [0.05, 0.1) is 23.8 Å². The van der Waals surface area contributed by atoms with Crippen molar-refractivity contribution in [3.8, 4) is 5.75 Å². The fraction of sp³-hybridized carbons (Fsp3) is 0.571. The minimum atomic E-state index is -0.737. The molecule has 2 fully saturated rings. The molecule has 2 aromatic heterocycles. The van der Waals surface area contributed by atoms with E-state index in [1.807, 2.05) is 36.0 Å². The number of benzene rings is 1. The zero-order valence-corrected chi connectivity index (χ0v) is 28.0. The van der Waals surface area contributed by atoms with Crippen LogP contribution < -0.4 is 10.1 Å². The Kier molecular flexibility index (Phi) is 14.2. The third kappa shape index (κ3) is 11.0. The first kappa shape index (κ1) is 35.7. The zero-order chi connectivity index (χ0) is 32.9. The Labute approximate surface area is 276 Å². The summed E-state index contributed by atoms with van der Waals surface area (Å²) in [7, 11) is 3.69. The van der Waals surface area contributed by atoms with Gasteiger partial charge in [-0.25, -0.2) is 0 Å². The van der Waals surface area contributed by atoms with E-state index < -0.39 is 18.0 Å². The van der Waals surface area contributed by atoms with Crippen LogP contribution in [0.3, 0.4) is 0 Å². The second-order valence-corrected chi connectivity index (χ2v) is 13.7. The number of aryl methyl sites for hydroxylation is 1. The van der Waals surface area contributed by atoms with Gasteiger partial charge in [-0.15, -0.1) is 11.8 Å². The second kappa shape index (κ2) is 18.3. The van der Waals surface area contributed by atoms with Gasteiger partial charge in [0.15, 0.2) is 0 Å². The predicted octanol–water partition coefficient (Wildman–Crippen LogP) is 5.45. The van der Waals surface area contributed by atoms with E-state index in [4.69, 9.17) is 9.84 Å². The third-order valence-corrected chi connectivity index (χ3v) is 10.4. The van der Waals surface area contributed by atoms with Crippen molar-refractivity contribution in [3.63, 3.8) is 0 Å². The van der Waals surface area contributed by atoms with Gasteiger partial charge >= 0.3 is 11.9 Å². The number of aliphatic hydroxyl groups is 1. The Morgan fingerprint density at radius 1 is 1.13 bits per heavy atom. The Balaban J connectivity index is 0.000000409. The molecule has 4 atom stereocenters. The second-order valence-electron chi connectivity index (χ2n) is 12.6. The van der Waals surface area contributed by atoms with Gasteiger partial charge in [-0.3, -0.25) is 14.6 Å². The van der Waals surface area contributed by atoms with Crippen LogP contribution in [0.5, 0.6) is 5.75 Å². The molecule has 252 valence electrons. The monoisotopic (exact) mass is 654 g/mol. The number of hydrogen-bond acceptors (Lipinski definition) is 8. The van der Waals surface area contributed by atoms with E-state index in [1.54, 1.807) is 13.3 Å². The number of carboxylic acid groups (broad SMARTS) is 2. The average Bonchev–Trinajstić information content (AvgIpc) is 3.46. The van der Waals surface area contributed by atoms with Crippen molar-refractivity contribution in [1.82, 2.24) is 19.8 Å². The predicted molar refractivity (Wildman–Crippen MR) is 181 cm³/mol. The first-order valence-corrected chi connectivity index (χ1v) is 17.4. The molecule has 0 radical (unpaired) electrons. The SMILES string of the molecule is COc1ccc2nccc(C(O)CC[C@@H]3CCN(CCCSc4cccn4C)C[C@@H]3CC(=O)O)c2c1.O=C(O)CC1CCCNC1. The molecule has 0 aliphatic carbocycles. The summed E-state index contributed by atoms with van der Waals surface area (Å²) in [4.78, 5) is 28.7. The zero-order valence-electron chi connectivity index (χ0n) is 27.1. The number of ether oxygens (including phenoxy) is 1. The first-order chi connectivity index (χ1) is 22.2. The molecule has 1 aromatic carbocycles. The molecule has 0 spiro atoms. The van der Waals surface area contributed by atoms with Crippen molar-refractivity contribution < 1.29 is 29.6 Å². The summed E-state index contributed by atoms with van der Waals surface area (Å²) in [6.07, 6.45) is 9.34. The number of aliphatic hydroxyl groups excluding tert-OH is 1. The number of thioether (sulfide) groups is 1. The van der Waals surface area contributed by atoms with Gasteiger partial charge in [0.25, 0.3) is 0 Å². The molecule has 46 heavy (non-hydrogen) atoms. The van der Waals surface area contributed by atoms with Crippen molar-refractivity contribution in [3.05, 3.63) is 54.4 Å². The lowest BCUT2D eigenvalue weighted by Gasteiger charge is -2.38. The number of carbonyl (C=O) groups is 2. The molecule has 11 heteroatoms. The Morgan fingerprint density at radius 3 is 2.65 bits per heavy atom. The van der Waals surface area contributed by atoms with E-state index in [0.29, 0.717) is 24.7 Å². The number of nitrogens with one attached hydrogen (secondary N) is 1. The smallest absolute Gasteiger partial charge is 0.303 e. The largest absolute Gasteiger partial charge is 0.497 e. The summed E-state index contributed by atoms with van der Waals surface area (Å²) in [5.41, 5.74) is 1.68. The molecule has 10 nitrogen and oxygen atoms in total. The van der Waals surface area contributed by atoms with Gasteiger partial charge < -0.3 is 34.8 Å². The molecule has 2 aliphatic rings. The molecule has 2 saturated heterocycles.